The molecule has 0 saturated carbocycles. The number of furan rings is 1. The van der Waals surface area contributed by atoms with Gasteiger partial charge in [0.1, 0.15) is 11.2 Å². The molecule has 0 fully saturated rings. The number of aromatic nitrogens is 3. The van der Waals surface area contributed by atoms with E-state index in [0.29, 0.717) is 17.5 Å². The number of nitrogens with zero attached hydrogens (tertiary/aromatic N) is 3. The Morgan fingerprint density at radius 2 is 0.904 bits per heavy atom. The van der Waals surface area contributed by atoms with Crippen LogP contribution in [0.1, 0.15) is 0 Å². The van der Waals surface area contributed by atoms with Crippen molar-refractivity contribution in [3.05, 3.63) is 164 Å². The van der Waals surface area contributed by atoms with Gasteiger partial charge in [-0.1, -0.05) is 121 Å². The standard InChI is InChI=1S/C47H27N3OS/c1-3-11-30-25-33(21-19-28(30)9-1)45-48-46(34-22-20-29-10-2-4-12-31(29)26-34)50-47(49-45)37-15-8-17-40-44(37)43-35(14-7-16-39(43)51-40)32-23-24-42-38(27-32)36-13-5-6-18-41(36)52-42/h1-27H. The summed E-state index contributed by atoms with van der Waals surface area (Å²) in [5.41, 5.74) is 6.65. The molecule has 3 heterocycles. The Bertz CT molecular complexity index is 3110. The summed E-state index contributed by atoms with van der Waals surface area (Å²) in [7, 11) is 0. The van der Waals surface area contributed by atoms with Crippen molar-refractivity contribution in [3.8, 4) is 45.3 Å². The molecule has 242 valence electrons. The van der Waals surface area contributed by atoms with Crippen molar-refractivity contribution in [2.24, 2.45) is 0 Å². The fraction of sp³-hybridized carbons (Fsp3) is 0. The second-order valence-electron chi connectivity index (χ2n) is 13.2. The van der Waals surface area contributed by atoms with Gasteiger partial charge in [0.25, 0.3) is 0 Å². The third kappa shape index (κ3) is 4.64. The zero-order valence-electron chi connectivity index (χ0n) is 27.7. The van der Waals surface area contributed by atoms with E-state index in [9.17, 15) is 0 Å². The van der Waals surface area contributed by atoms with Crippen LogP contribution in [0.15, 0.2) is 168 Å². The van der Waals surface area contributed by atoms with E-state index in [1.807, 2.05) is 23.5 Å². The van der Waals surface area contributed by atoms with Gasteiger partial charge in [-0.3, -0.25) is 0 Å². The molecule has 0 spiro atoms. The van der Waals surface area contributed by atoms with Crippen molar-refractivity contribution in [2.45, 2.75) is 0 Å². The number of thiophene rings is 1. The molecular formula is C47H27N3OS. The van der Waals surface area contributed by atoms with Gasteiger partial charge in [-0.2, -0.15) is 0 Å². The maximum atomic E-state index is 6.58. The van der Waals surface area contributed by atoms with E-state index in [1.54, 1.807) is 0 Å². The summed E-state index contributed by atoms with van der Waals surface area (Å²) in [6.07, 6.45) is 0. The summed E-state index contributed by atoms with van der Waals surface area (Å²) in [4.78, 5) is 15.5. The van der Waals surface area contributed by atoms with Crippen LogP contribution in [0.3, 0.4) is 0 Å². The molecule has 0 aliphatic rings. The van der Waals surface area contributed by atoms with Crippen LogP contribution in [-0.2, 0) is 0 Å². The van der Waals surface area contributed by atoms with Crippen LogP contribution >= 0.6 is 11.3 Å². The number of hydrogen-bond donors (Lipinski definition) is 0. The van der Waals surface area contributed by atoms with Crippen molar-refractivity contribution in [1.82, 2.24) is 15.0 Å². The Labute approximate surface area is 302 Å². The summed E-state index contributed by atoms with van der Waals surface area (Å²) < 4.78 is 9.15. The highest BCUT2D eigenvalue weighted by Gasteiger charge is 2.21. The van der Waals surface area contributed by atoms with E-state index in [4.69, 9.17) is 19.4 Å². The van der Waals surface area contributed by atoms with Crippen molar-refractivity contribution in [1.29, 1.82) is 0 Å². The lowest BCUT2D eigenvalue weighted by molar-refractivity contribution is 0.669. The second-order valence-corrected chi connectivity index (χ2v) is 14.3. The SMILES string of the molecule is c1ccc2cc(-c3nc(-c4ccc5ccccc5c4)nc(-c4cccc5oc6cccc(-c7ccc8sc9ccccc9c8c7)c6c45)n3)ccc2c1. The Morgan fingerprint density at radius 1 is 0.365 bits per heavy atom. The highest BCUT2D eigenvalue weighted by molar-refractivity contribution is 7.25. The molecule has 0 bridgehead atoms. The second kappa shape index (κ2) is 11.4. The first-order valence-electron chi connectivity index (χ1n) is 17.3. The number of benzene rings is 8. The van der Waals surface area contributed by atoms with Gasteiger partial charge in [-0.05, 0) is 75.1 Å². The minimum atomic E-state index is 0.601. The predicted molar refractivity (Wildman–Crippen MR) is 217 cm³/mol. The molecule has 0 amide bonds. The van der Waals surface area contributed by atoms with Crippen LogP contribution in [0.4, 0.5) is 0 Å². The van der Waals surface area contributed by atoms with Crippen LogP contribution in [0.25, 0.3) is 109 Å². The van der Waals surface area contributed by atoms with Crippen molar-refractivity contribution in [2.75, 3.05) is 0 Å². The third-order valence-corrected chi connectivity index (χ3v) is 11.3. The minimum Gasteiger partial charge on any atom is -0.456 e. The summed E-state index contributed by atoms with van der Waals surface area (Å²) in [5, 5.41) is 9.20. The summed E-state index contributed by atoms with van der Waals surface area (Å²) in [6, 6.07) is 57.5. The molecule has 3 aromatic heterocycles. The molecule has 0 aliphatic carbocycles. The van der Waals surface area contributed by atoms with Crippen LogP contribution in [0.2, 0.25) is 0 Å². The first-order chi connectivity index (χ1) is 25.7. The minimum absolute atomic E-state index is 0.601. The van der Waals surface area contributed by atoms with Crippen molar-refractivity contribution in [3.63, 3.8) is 0 Å². The van der Waals surface area contributed by atoms with E-state index in [2.05, 4.69) is 152 Å². The van der Waals surface area contributed by atoms with Gasteiger partial charge in [0.05, 0.1) is 0 Å². The Balaban J connectivity index is 1.16. The molecule has 0 unspecified atom stereocenters. The lowest BCUT2D eigenvalue weighted by atomic mass is 9.96. The topological polar surface area (TPSA) is 51.8 Å². The molecule has 4 nitrogen and oxygen atoms in total. The van der Waals surface area contributed by atoms with E-state index in [1.165, 1.54) is 30.9 Å². The molecular weight excluding hydrogens is 655 g/mol. The Hall–Kier alpha value is -6.69. The fourth-order valence-corrected chi connectivity index (χ4v) is 8.68. The molecule has 11 aromatic rings. The molecule has 0 N–H and O–H groups in total. The monoisotopic (exact) mass is 681 g/mol. The van der Waals surface area contributed by atoms with Gasteiger partial charge < -0.3 is 4.42 Å². The zero-order valence-corrected chi connectivity index (χ0v) is 28.6. The summed E-state index contributed by atoms with van der Waals surface area (Å²) in [5.74, 6) is 1.85. The van der Waals surface area contributed by atoms with E-state index in [-0.39, 0.29) is 0 Å². The van der Waals surface area contributed by atoms with Gasteiger partial charge in [0.15, 0.2) is 17.5 Å². The van der Waals surface area contributed by atoms with Gasteiger partial charge in [-0.25, -0.2) is 15.0 Å². The Morgan fingerprint density at radius 3 is 1.60 bits per heavy atom. The quantitative estimate of drug-likeness (QED) is 0.185. The van der Waals surface area contributed by atoms with Crippen LogP contribution in [-0.4, -0.2) is 15.0 Å². The first kappa shape index (κ1) is 29.1. The molecule has 0 saturated heterocycles. The molecule has 0 atom stereocenters. The van der Waals surface area contributed by atoms with Crippen molar-refractivity contribution < 1.29 is 4.42 Å². The lowest BCUT2D eigenvalue weighted by Gasteiger charge is -2.11. The van der Waals surface area contributed by atoms with E-state index < -0.39 is 0 Å². The predicted octanol–water partition coefficient (Wildman–Crippen LogP) is 13.1. The van der Waals surface area contributed by atoms with Crippen LogP contribution < -0.4 is 0 Å². The van der Waals surface area contributed by atoms with Crippen molar-refractivity contribution >= 4 is 75.0 Å². The average Bonchev–Trinajstić information content (AvgIpc) is 3.78. The van der Waals surface area contributed by atoms with Crippen LogP contribution in [0.5, 0.6) is 0 Å². The molecule has 5 heteroatoms. The highest BCUT2D eigenvalue weighted by atomic mass is 32.1. The molecule has 8 aromatic carbocycles. The van der Waals surface area contributed by atoms with Gasteiger partial charge in [-0.15, -0.1) is 11.3 Å². The number of hydrogen-bond acceptors (Lipinski definition) is 5. The lowest BCUT2D eigenvalue weighted by Crippen LogP contribution is -2.00. The normalized spacial score (nSPS) is 11.8. The number of fused-ring (bicyclic) bond motifs is 8. The van der Waals surface area contributed by atoms with Gasteiger partial charge in [0, 0.05) is 47.6 Å². The maximum absolute atomic E-state index is 6.58. The zero-order chi connectivity index (χ0) is 34.2. The summed E-state index contributed by atoms with van der Waals surface area (Å²) >= 11 is 1.83. The van der Waals surface area contributed by atoms with Crippen LogP contribution in [0, 0.1) is 0 Å². The van der Waals surface area contributed by atoms with Gasteiger partial charge in [0.2, 0.25) is 0 Å². The molecule has 0 aliphatic heterocycles. The highest BCUT2D eigenvalue weighted by Crippen LogP contribution is 2.43. The first-order valence-corrected chi connectivity index (χ1v) is 18.2. The molecule has 11 rings (SSSR count). The largest absolute Gasteiger partial charge is 0.456 e. The average molecular weight is 682 g/mol. The fourth-order valence-electron chi connectivity index (χ4n) is 7.60. The van der Waals surface area contributed by atoms with E-state index in [0.717, 1.165) is 60.5 Å². The van der Waals surface area contributed by atoms with Gasteiger partial charge >= 0.3 is 0 Å². The van der Waals surface area contributed by atoms with E-state index >= 15 is 0 Å². The molecule has 52 heavy (non-hydrogen) atoms. The summed E-state index contributed by atoms with van der Waals surface area (Å²) in [6.45, 7) is 0. The smallest absolute Gasteiger partial charge is 0.164 e. The number of rotatable bonds is 4. The molecule has 0 radical (unpaired) electrons. The third-order valence-electron chi connectivity index (χ3n) is 10.1. The maximum Gasteiger partial charge on any atom is 0.164 e. The Kier molecular flexibility index (Phi) is 6.39.